The number of fused-ring (bicyclic) bond motifs is 1. The molecule has 7 heteroatoms. The van der Waals surface area contributed by atoms with Crippen LogP contribution in [-0.2, 0) is 6.54 Å². The van der Waals surface area contributed by atoms with Crippen LogP contribution < -0.4 is 20.1 Å². The first-order valence-electron chi connectivity index (χ1n) is 8.32. The molecule has 0 spiro atoms. The Bertz CT molecular complexity index is 994. The zero-order valence-electron chi connectivity index (χ0n) is 14.2. The number of amides is 1. The lowest BCUT2D eigenvalue weighted by Crippen LogP contribution is -2.23. The highest BCUT2D eigenvalue weighted by Gasteiger charge is 2.14. The Morgan fingerprint density at radius 3 is 2.81 bits per heavy atom. The minimum Gasteiger partial charge on any atom is -0.454 e. The summed E-state index contributed by atoms with van der Waals surface area (Å²) in [6, 6.07) is 14.7. The second kappa shape index (κ2) is 7.55. The molecule has 0 saturated heterocycles. The van der Waals surface area contributed by atoms with Crippen LogP contribution in [0.15, 0.2) is 60.9 Å². The number of benzene rings is 2. The highest BCUT2D eigenvalue weighted by Crippen LogP contribution is 2.32. The molecule has 2 aromatic carbocycles. The van der Waals surface area contributed by atoms with Gasteiger partial charge in [0.1, 0.15) is 0 Å². The van der Waals surface area contributed by atoms with Gasteiger partial charge in [-0.25, -0.2) is 0 Å². The molecular formula is C20H16ClN3O3. The van der Waals surface area contributed by atoms with Gasteiger partial charge in [0.25, 0.3) is 5.91 Å². The zero-order chi connectivity index (χ0) is 18.6. The highest BCUT2D eigenvalue weighted by atomic mass is 35.5. The van der Waals surface area contributed by atoms with Gasteiger partial charge >= 0.3 is 0 Å². The molecule has 4 rings (SSSR count). The summed E-state index contributed by atoms with van der Waals surface area (Å²) in [6.45, 7) is 0.597. The van der Waals surface area contributed by atoms with Crippen LogP contribution in [0.2, 0.25) is 5.02 Å². The summed E-state index contributed by atoms with van der Waals surface area (Å²) in [4.78, 5) is 16.6. The molecule has 0 fully saturated rings. The first-order chi connectivity index (χ1) is 13.2. The van der Waals surface area contributed by atoms with Crippen LogP contribution in [0.25, 0.3) is 0 Å². The summed E-state index contributed by atoms with van der Waals surface area (Å²) in [6.07, 6.45) is 3.16. The smallest absolute Gasteiger partial charge is 0.253 e. The van der Waals surface area contributed by atoms with Crippen molar-refractivity contribution in [3.8, 4) is 11.5 Å². The van der Waals surface area contributed by atoms with Crippen LogP contribution in [-0.4, -0.2) is 17.7 Å². The van der Waals surface area contributed by atoms with Gasteiger partial charge in [-0.2, -0.15) is 0 Å². The van der Waals surface area contributed by atoms with Gasteiger partial charge in [0.05, 0.1) is 28.2 Å². The lowest BCUT2D eigenvalue weighted by Gasteiger charge is -2.10. The third kappa shape index (κ3) is 3.96. The molecule has 1 aromatic heterocycles. The summed E-state index contributed by atoms with van der Waals surface area (Å²) in [5, 5.41) is 6.64. The predicted octanol–water partition coefficient (Wildman–Crippen LogP) is 4.14. The number of nitrogens with zero attached hydrogens (tertiary/aromatic N) is 1. The van der Waals surface area contributed by atoms with E-state index in [-0.39, 0.29) is 12.7 Å². The number of para-hydroxylation sites is 1. The van der Waals surface area contributed by atoms with Crippen LogP contribution in [0.3, 0.4) is 0 Å². The first kappa shape index (κ1) is 17.2. The maximum atomic E-state index is 12.5. The number of carbonyl (C=O) groups is 1. The molecule has 1 aliphatic heterocycles. The van der Waals surface area contributed by atoms with E-state index in [0.717, 1.165) is 11.3 Å². The van der Waals surface area contributed by atoms with Gasteiger partial charge in [-0.15, -0.1) is 0 Å². The van der Waals surface area contributed by atoms with E-state index in [1.54, 1.807) is 18.3 Å². The van der Waals surface area contributed by atoms with E-state index in [1.807, 2.05) is 36.4 Å². The van der Waals surface area contributed by atoms with E-state index >= 15 is 0 Å². The summed E-state index contributed by atoms with van der Waals surface area (Å²) in [5.41, 5.74) is 2.80. The van der Waals surface area contributed by atoms with Gasteiger partial charge in [0, 0.05) is 12.7 Å². The molecule has 0 saturated carbocycles. The third-order valence-electron chi connectivity index (χ3n) is 4.04. The predicted molar refractivity (Wildman–Crippen MR) is 103 cm³/mol. The van der Waals surface area contributed by atoms with E-state index in [2.05, 4.69) is 15.6 Å². The number of hydrogen-bond acceptors (Lipinski definition) is 5. The first-order valence-corrected chi connectivity index (χ1v) is 8.70. The fourth-order valence-corrected chi connectivity index (χ4v) is 2.87. The number of carbonyl (C=O) groups excluding carboxylic acids is 1. The minimum atomic E-state index is -0.219. The molecule has 3 aromatic rings. The van der Waals surface area contributed by atoms with Gasteiger partial charge in [-0.1, -0.05) is 29.8 Å². The summed E-state index contributed by atoms with van der Waals surface area (Å²) < 4.78 is 10.6. The van der Waals surface area contributed by atoms with Gasteiger partial charge in [0.2, 0.25) is 6.79 Å². The van der Waals surface area contributed by atoms with Crippen molar-refractivity contribution < 1.29 is 14.3 Å². The lowest BCUT2D eigenvalue weighted by atomic mass is 10.2. The summed E-state index contributed by atoms with van der Waals surface area (Å²) in [7, 11) is 0. The lowest BCUT2D eigenvalue weighted by molar-refractivity contribution is 0.0950. The van der Waals surface area contributed by atoms with E-state index in [0.29, 0.717) is 34.3 Å². The quantitative estimate of drug-likeness (QED) is 0.695. The molecule has 0 atom stereocenters. The van der Waals surface area contributed by atoms with Crippen LogP contribution in [0, 0.1) is 0 Å². The number of anilines is 2. The van der Waals surface area contributed by atoms with Crippen molar-refractivity contribution >= 4 is 28.9 Å². The molecule has 0 radical (unpaired) electrons. The second-order valence-corrected chi connectivity index (χ2v) is 6.34. The molecule has 2 heterocycles. The molecule has 27 heavy (non-hydrogen) atoms. The second-order valence-electron chi connectivity index (χ2n) is 5.94. The van der Waals surface area contributed by atoms with Gasteiger partial charge in [-0.05, 0) is 35.9 Å². The van der Waals surface area contributed by atoms with Gasteiger partial charge in [-0.3, -0.25) is 9.78 Å². The Morgan fingerprint density at radius 2 is 1.93 bits per heavy atom. The average Bonchev–Trinajstić information content (AvgIpc) is 3.16. The third-order valence-corrected chi connectivity index (χ3v) is 4.37. The summed E-state index contributed by atoms with van der Waals surface area (Å²) in [5.74, 6) is 1.19. The fourth-order valence-electron chi connectivity index (χ4n) is 2.69. The van der Waals surface area contributed by atoms with Crippen molar-refractivity contribution in [3.63, 3.8) is 0 Å². The number of ether oxygens (including phenoxy) is 2. The van der Waals surface area contributed by atoms with Crippen molar-refractivity contribution in [3.05, 3.63) is 77.1 Å². The summed E-state index contributed by atoms with van der Waals surface area (Å²) >= 11 is 6.15. The number of rotatable bonds is 5. The van der Waals surface area contributed by atoms with Crippen molar-refractivity contribution in [1.82, 2.24) is 10.3 Å². The molecule has 136 valence electrons. The standard InChI is InChI=1S/C20H16ClN3O3/c21-16-3-1-2-4-17(16)24-15-8-14(10-22-11-15)20(25)23-9-13-5-6-18-19(7-13)27-12-26-18/h1-8,10-11,24H,9,12H2,(H,23,25). The SMILES string of the molecule is O=C(NCc1ccc2c(c1)OCO2)c1cncc(Nc2ccccc2Cl)c1. The zero-order valence-corrected chi connectivity index (χ0v) is 15.0. The van der Waals surface area contributed by atoms with E-state index in [1.165, 1.54) is 6.20 Å². The van der Waals surface area contributed by atoms with Crippen molar-refractivity contribution in [2.24, 2.45) is 0 Å². The van der Waals surface area contributed by atoms with Crippen molar-refractivity contribution in [2.45, 2.75) is 6.54 Å². The molecule has 1 amide bonds. The molecule has 6 nitrogen and oxygen atoms in total. The monoisotopic (exact) mass is 381 g/mol. The number of nitrogens with one attached hydrogen (secondary N) is 2. The molecular weight excluding hydrogens is 366 g/mol. The Hall–Kier alpha value is -3.25. The van der Waals surface area contributed by atoms with Gasteiger partial charge in [0.15, 0.2) is 11.5 Å². The van der Waals surface area contributed by atoms with Crippen LogP contribution in [0.4, 0.5) is 11.4 Å². The average molecular weight is 382 g/mol. The molecule has 0 bridgehead atoms. The van der Waals surface area contributed by atoms with E-state index < -0.39 is 0 Å². The van der Waals surface area contributed by atoms with Crippen molar-refractivity contribution in [2.75, 3.05) is 12.1 Å². The normalized spacial score (nSPS) is 11.9. The molecule has 2 N–H and O–H groups in total. The number of pyridine rings is 1. The number of hydrogen-bond donors (Lipinski definition) is 2. The number of aromatic nitrogens is 1. The topological polar surface area (TPSA) is 72.5 Å². The Balaban J connectivity index is 1.42. The maximum absolute atomic E-state index is 12.5. The van der Waals surface area contributed by atoms with E-state index in [4.69, 9.17) is 21.1 Å². The molecule has 1 aliphatic rings. The van der Waals surface area contributed by atoms with Crippen molar-refractivity contribution in [1.29, 1.82) is 0 Å². The number of halogens is 1. The Morgan fingerprint density at radius 1 is 1.07 bits per heavy atom. The highest BCUT2D eigenvalue weighted by molar-refractivity contribution is 6.33. The van der Waals surface area contributed by atoms with Gasteiger partial charge < -0.3 is 20.1 Å². The molecule has 0 aliphatic carbocycles. The van der Waals surface area contributed by atoms with Crippen LogP contribution in [0.1, 0.15) is 15.9 Å². The minimum absolute atomic E-state index is 0.219. The largest absolute Gasteiger partial charge is 0.454 e. The Labute approximate surface area is 161 Å². The van der Waals surface area contributed by atoms with Crippen LogP contribution in [0.5, 0.6) is 11.5 Å². The van der Waals surface area contributed by atoms with E-state index in [9.17, 15) is 4.79 Å². The molecule has 0 unspecified atom stereocenters. The maximum Gasteiger partial charge on any atom is 0.253 e. The fraction of sp³-hybridized carbons (Fsp3) is 0.100. The Kier molecular flexibility index (Phi) is 4.80. The van der Waals surface area contributed by atoms with Crippen LogP contribution >= 0.6 is 11.6 Å².